The van der Waals surface area contributed by atoms with Crippen molar-refractivity contribution in [2.45, 2.75) is 26.1 Å². The monoisotopic (exact) mass is 196 g/mol. The van der Waals surface area contributed by atoms with Crippen LogP contribution in [0.2, 0.25) is 0 Å². The Bertz CT molecular complexity index is 331. The second-order valence-electron chi connectivity index (χ2n) is 3.33. The van der Waals surface area contributed by atoms with E-state index < -0.39 is 5.38 Å². The summed E-state index contributed by atoms with van der Waals surface area (Å²) in [5.41, 5.74) is 3.18. The minimum Gasteiger partial charge on any atom is -0.298 e. The van der Waals surface area contributed by atoms with Crippen molar-refractivity contribution >= 4 is 17.4 Å². The molecule has 1 unspecified atom stereocenters. The fraction of sp³-hybridized carbons (Fsp3) is 0.364. The second-order valence-corrected chi connectivity index (χ2v) is 3.77. The Hall–Kier alpha value is -0.820. The van der Waals surface area contributed by atoms with Gasteiger partial charge in [-0.1, -0.05) is 23.8 Å². The van der Waals surface area contributed by atoms with E-state index in [-0.39, 0.29) is 5.78 Å². The molecule has 0 radical (unpaired) electrons. The molecule has 0 spiro atoms. The van der Waals surface area contributed by atoms with Gasteiger partial charge in [0.15, 0.2) is 5.78 Å². The Morgan fingerprint density at radius 2 is 2.00 bits per heavy atom. The zero-order valence-electron chi connectivity index (χ0n) is 8.10. The molecule has 1 atom stereocenters. The Balaban J connectivity index is 3.08. The van der Waals surface area contributed by atoms with Crippen LogP contribution in [0.15, 0.2) is 18.2 Å². The van der Waals surface area contributed by atoms with Crippen molar-refractivity contribution in [3.63, 3.8) is 0 Å². The lowest BCUT2D eigenvalue weighted by atomic mass is 10.0. The van der Waals surface area contributed by atoms with Gasteiger partial charge in [0.1, 0.15) is 5.38 Å². The van der Waals surface area contributed by atoms with Crippen LogP contribution < -0.4 is 0 Å². The molecule has 0 saturated carbocycles. The van der Waals surface area contributed by atoms with E-state index in [1.807, 2.05) is 32.0 Å². The highest BCUT2D eigenvalue weighted by Crippen LogP contribution is 2.25. The number of hydrogen-bond donors (Lipinski definition) is 0. The summed E-state index contributed by atoms with van der Waals surface area (Å²) >= 11 is 5.95. The van der Waals surface area contributed by atoms with Crippen LogP contribution in [0.3, 0.4) is 0 Å². The number of ketones is 1. The van der Waals surface area contributed by atoms with Crippen molar-refractivity contribution in [3.8, 4) is 0 Å². The molecule has 0 fully saturated rings. The molecule has 0 saturated heterocycles. The van der Waals surface area contributed by atoms with Crippen LogP contribution in [0.4, 0.5) is 0 Å². The van der Waals surface area contributed by atoms with Crippen molar-refractivity contribution in [2.75, 3.05) is 0 Å². The van der Waals surface area contributed by atoms with E-state index in [9.17, 15) is 4.79 Å². The number of alkyl halides is 1. The molecule has 0 aliphatic rings. The molecule has 1 aromatic rings. The molecule has 0 aliphatic carbocycles. The van der Waals surface area contributed by atoms with E-state index in [1.165, 1.54) is 12.5 Å². The molecule has 0 heterocycles. The van der Waals surface area contributed by atoms with Gasteiger partial charge in [0.25, 0.3) is 0 Å². The third kappa shape index (κ3) is 2.31. The van der Waals surface area contributed by atoms with Crippen LogP contribution in [0.5, 0.6) is 0 Å². The molecule has 0 aromatic heterocycles. The zero-order valence-corrected chi connectivity index (χ0v) is 8.85. The van der Waals surface area contributed by atoms with Gasteiger partial charge in [-0.2, -0.15) is 0 Å². The zero-order chi connectivity index (χ0) is 10.0. The van der Waals surface area contributed by atoms with Crippen LogP contribution >= 0.6 is 11.6 Å². The van der Waals surface area contributed by atoms with Crippen LogP contribution in [-0.2, 0) is 4.79 Å². The summed E-state index contributed by atoms with van der Waals surface area (Å²) in [5.74, 6) is -0.00591. The number of carbonyl (C=O) groups excluding carboxylic acids is 1. The Kier molecular flexibility index (Phi) is 3.10. The van der Waals surface area contributed by atoms with Crippen molar-refractivity contribution < 1.29 is 4.79 Å². The summed E-state index contributed by atoms with van der Waals surface area (Å²) in [4.78, 5) is 11.0. The van der Waals surface area contributed by atoms with Gasteiger partial charge in [-0.25, -0.2) is 0 Å². The Labute approximate surface area is 83.7 Å². The lowest BCUT2D eigenvalue weighted by Gasteiger charge is -2.09. The smallest absolute Gasteiger partial charge is 0.152 e. The molecule has 0 N–H and O–H groups in total. The molecule has 70 valence electrons. The molecule has 1 rings (SSSR count). The standard InChI is InChI=1S/C11H13ClO/c1-7-4-5-10(8(2)6-7)11(12)9(3)13/h4-6,11H,1-3H3. The molecular formula is C11H13ClO. The maximum absolute atomic E-state index is 11.0. The first-order valence-electron chi connectivity index (χ1n) is 4.24. The molecular weight excluding hydrogens is 184 g/mol. The normalized spacial score (nSPS) is 12.6. The number of halogens is 1. The maximum atomic E-state index is 11.0. The van der Waals surface area contributed by atoms with Gasteiger partial charge in [0.05, 0.1) is 0 Å². The summed E-state index contributed by atoms with van der Waals surface area (Å²) in [6.45, 7) is 5.51. The van der Waals surface area contributed by atoms with Gasteiger partial charge in [0, 0.05) is 0 Å². The van der Waals surface area contributed by atoms with Crippen LogP contribution in [0, 0.1) is 13.8 Å². The van der Waals surface area contributed by atoms with Crippen molar-refractivity contribution in [3.05, 3.63) is 34.9 Å². The lowest BCUT2D eigenvalue weighted by Crippen LogP contribution is -2.03. The van der Waals surface area contributed by atoms with E-state index in [4.69, 9.17) is 11.6 Å². The van der Waals surface area contributed by atoms with E-state index in [1.54, 1.807) is 0 Å². The number of aryl methyl sites for hydroxylation is 2. The molecule has 1 nitrogen and oxygen atoms in total. The van der Waals surface area contributed by atoms with Gasteiger partial charge in [0.2, 0.25) is 0 Å². The predicted molar refractivity (Wildman–Crippen MR) is 55.2 cm³/mol. The minimum atomic E-state index is -0.499. The maximum Gasteiger partial charge on any atom is 0.152 e. The highest BCUT2D eigenvalue weighted by Gasteiger charge is 2.14. The van der Waals surface area contributed by atoms with Gasteiger partial charge >= 0.3 is 0 Å². The van der Waals surface area contributed by atoms with E-state index >= 15 is 0 Å². The summed E-state index contributed by atoms with van der Waals surface area (Å²) in [5, 5.41) is -0.499. The fourth-order valence-electron chi connectivity index (χ4n) is 1.33. The van der Waals surface area contributed by atoms with Crippen molar-refractivity contribution in [1.82, 2.24) is 0 Å². The topological polar surface area (TPSA) is 17.1 Å². The Morgan fingerprint density at radius 1 is 1.38 bits per heavy atom. The molecule has 0 amide bonds. The summed E-state index contributed by atoms with van der Waals surface area (Å²) in [6.07, 6.45) is 0. The molecule has 13 heavy (non-hydrogen) atoms. The molecule has 0 bridgehead atoms. The average Bonchev–Trinajstić information content (AvgIpc) is 2.03. The first-order chi connectivity index (χ1) is 6.02. The molecule has 1 aromatic carbocycles. The quantitative estimate of drug-likeness (QED) is 0.664. The third-order valence-corrected chi connectivity index (χ3v) is 2.60. The van der Waals surface area contributed by atoms with Gasteiger partial charge < -0.3 is 0 Å². The van der Waals surface area contributed by atoms with Gasteiger partial charge in [-0.05, 0) is 31.9 Å². The first-order valence-corrected chi connectivity index (χ1v) is 4.67. The van der Waals surface area contributed by atoms with Crippen molar-refractivity contribution in [1.29, 1.82) is 0 Å². The average molecular weight is 197 g/mol. The van der Waals surface area contributed by atoms with E-state index in [2.05, 4.69) is 0 Å². The summed E-state index contributed by atoms with van der Waals surface area (Å²) in [6, 6.07) is 5.93. The molecule has 2 heteroatoms. The second kappa shape index (κ2) is 3.93. The summed E-state index contributed by atoms with van der Waals surface area (Å²) < 4.78 is 0. The van der Waals surface area contributed by atoms with Gasteiger partial charge in [-0.15, -0.1) is 11.6 Å². The van der Waals surface area contributed by atoms with Gasteiger partial charge in [-0.3, -0.25) is 4.79 Å². The number of rotatable bonds is 2. The highest BCUT2D eigenvalue weighted by molar-refractivity contribution is 6.30. The summed E-state index contributed by atoms with van der Waals surface area (Å²) in [7, 11) is 0. The highest BCUT2D eigenvalue weighted by atomic mass is 35.5. The van der Waals surface area contributed by atoms with Crippen LogP contribution in [-0.4, -0.2) is 5.78 Å². The SMILES string of the molecule is CC(=O)C(Cl)c1ccc(C)cc1C. The van der Waals surface area contributed by atoms with E-state index in [0.717, 1.165) is 11.1 Å². The van der Waals surface area contributed by atoms with E-state index in [0.29, 0.717) is 0 Å². The Morgan fingerprint density at radius 3 is 2.46 bits per heavy atom. The fourth-order valence-corrected chi connectivity index (χ4v) is 1.57. The first kappa shape index (κ1) is 10.3. The lowest BCUT2D eigenvalue weighted by molar-refractivity contribution is -0.116. The van der Waals surface area contributed by atoms with Crippen molar-refractivity contribution in [2.24, 2.45) is 0 Å². The third-order valence-electron chi connectivity index (χ3n) is 2.06. The predicted octanol–water partition coefficient (Wildman–Crippen LogP) is 3.17. The number of Topliss-reactive ketones (excluding diaryl/α,β-unsaturated/α-hetero) is 1. The number of hydrogen-bond acceptors (Lipinski definition) is 1. The number of carbonyl (C=O) groups is 1. The largest absolute Gasteiger partial charge is 0.298 e. The van der Waals surface area contributed by atoms with Crippen LogP contribution in [0.1, 0.15) is 29.0 Å². The van der Waals surface area contributed by atoms with Crippen LogP contribution in [0.25, 0.3) is 0 Å². The number of benzene rings is 1. The minimum absolute atomic E-state index is 0.00591. The molecule has 0 aliphatic heterocycles.